The molecule has 0 aromatic heterocycles. The zero-order valence-corrected chi connectivity index (χ0v) is 9.75. The normalized spacial score (nSPS) is 40.1. The van der Waals surface area contributed by atoms with Crippen LogP contribution in [0.25, 0.3) is 0 Å². The molecule has 0 aromatic rings. The fraction of sp³-hybridized carbons (Fsp3) is 1.00. The van der Waals surface area contributed by atoms with Gasteiger partial charge in [-0.3, -0.25) is 0 Å². The van der Waals surface area contributed by atoms with Gasteiger partial charge in [-0.25, -0.2) is 0 Å². The van der Waals surface area contributed by atoms with Gasteiger partial charge in [-0.2, -0.15) is 0 Å². The van der Waals surface area contributed by atoms with Crippen molar-refractivity contribution in [2.45, 2.75) is 38.5 Å². The number of rotatable bonds is 3. The van der Waals surface area contributed by atoms with E-state index in [1.807, 2.05) is 0 Å². The van der Waals surface area contributed by atoms with E-state index in [4.69, 9.17) is 17.1 Å². The Morgan fingerprint density at radius 2 is 2.08 bits per heavy atom. The number of hydrogen-bond acceptors (Lipinski definition) is 2. The van der Waals surface area contributed by atoms with Crippen molar-refractivity contribution in [3.05, 3.63) is 0 Å². The minimum absolute atomic E-state index is 0.148. The Balaban J connectivity index is 2.57. The summed E-state index contributed by atoms with van der Waals surface area (Å²) in [4.78, 5) is 0. The molecule has 1 saturated heterocycles. The van der Waals surface area contributed by atoms with E-state index in [1.54, 1.807) is 0 Å². The Labute approximate surface area is 83.6 Å². The summed E-state index contributed by atoms with van der Waals surface area (Å²) < 4.78 is 11.5. The zero-order valence-electron chi connectivity index (χ0n) is 8.86. The molecular weight excluding hydrogens is 182 g/mol. The first-order chi connectivity index (χ1) is 6.06. The van der Waals surface area contributed by atoms with Gasteiger partial charge in [0.25, 0.3) is 0 Å². The van der Waals surface area contributed by atoms with Gasteiger partial charge >= 0.3 is 0 Å². The van der Waals surface area contributed by atoms with Crippen LogP contribution in [0.1, 0.15) is 20.3 Å². The van der Waals surface area contributed by atoms with Gasteiger partial charge in [-0.05, 0) is 19.8 Å². The summed E-state index contributed by atoms with van der Waals surface area (Å²) in [7, 11) is 5.49. The van der Waals surface area contributed by atoms with Crippen LogP contribution in [0.2, 0.25) is 0 Å². The molecule has 1 heterocycles. The van der Waals surface area contributed by atoms with E-state index in [0.717, 1.165) is 6.42 Å². The quantitative estimate of drug-likeness (QED) is 0.512. The van der Waals surface area contributed by atoms with Crippen molar-refractivity contribution in [2.75, 3.05) is 13.3 Å². The molecule has 0 aromatic carbocycles. The standard InChI is InChI=1S/C9H18BO2P/c1-5-7-8(12-13(3)4)6(2)9(10)11-7/h6-9H,5H2,1-4H3. The molecule has 1 aliphatic rings. The van der Waals surface area contributed by atoms with Crippen molar-refractivity contribution in [2.24, 2.45) is 5.92 Å². The molecule has 4 heteroatoms. The van der Waals surface area contributed by atoms with E-state index in [0.29, 0.717) is 5.92 Å². The maximum Gasteiger partial charge on any atom is 0.109 e. The van der Waals surface area contributed by atoms with Crippen LogP contribution < -0.4 is 0 Å². The molecule has 4 atom stereocenters. The third-order valence-electron chi connectivity index (χ3n) is 2.47. The Hall–Kier alpha value is 0.415. The van der Waals surface area contributed by atoms with Gasteiger partial charge in [-0.1, -0.05) is 13.8 Å². The molecule has 2 nitrogen and oxygen atoms in total. The first-order valence-corrected chi connectivity index (χ1v) is 6.96. The molecule has 0 saturated carbocycles. The van der Waals surface area contributed by atoms with Crippen LogP contribution in [0, 0.1) is 5.92 Å². The number of ether oxygens (including phenoxy) is 1. The molecule has 1 fully saturated rings. The summed E-state index contributed by atoms with van der Waals surface area (Å²) in [6.07, 6.45) is 1.36. The fourth-order valence-electron chi connectivity index (χ4n) is 1.66. The lowest BCUT2D eigenvalue weighted by atomic mass is 9.86. The Morgan fingerprint density at radius 1 is 1.46 bits per heavy atom. The van der Waals surface area contributed by atoms with Gasteiger partial charge in [0.15, 0.2) is 0 Å². The maximum absolute atomic E-state index is 5.86. The highest BCUT2D eigenvalue weighted by Gasteiger charge is 2.39. The Kier molecular flexibility index (Phi) is 4.22. The highest BCUT2D eigenvalue weighted by molar-refractivity contribution is 7.50. The van der Waals surface area contributed by atoms with Crippen molar-refractivity contribution in [3.63, 3.8) is 0 Å². The van der Waals surface area contributed by atoms with E-state index in [2.05, 4.69) is 27.2 Å². The fourth-order valence-corrected chi connectivity index (χ4v) is 2.48. The van der Waals surface area contributed by atoms with Crippen molar-refractivity contribution in [3.8, 4) is 0 Å². The average Bonchev–Trinajstić information content (AvgIpc) is 2.31. The van der Waals surface area contributed by atoms with Gasteiger partial charge in [0, 0.05) is 20.1 Å². The third kappa shape index (κ3) is 2.68. The second-order valence-corrected chi connectivity index (χ2v) is 5.62. The Morgan fingerprint density at radius 3 is 2.54 bits per heavy atom. The second-order valence-electron chi connectivity index (χ2n) is 3.79. The highest BCUT2D eigenvalue weighted by atomic mass is 31.1. The van der Waals surface area contributed by atoms with Crippen LogP contribution in [0.5, 0.6) is 0 Å². The topological polar surface area (TPSA) is 18.5 Å². The summed E-state index contributed by atoms with van der Waals surface area (Å²) in [5.41, 5.74) is 0. The first-order valence-electron chi connectivity index (χ1n) is 4.81. The minimum atomic E-state index is -0.325. The molecule has 4 unspecified atom stereocenters. The maximum atomic E-state index is 5.86. The largest absolute Gasteiger partial charge is 0.382 e. The smallest absolute Gasteiger partial charge is 0.109 e. The van der Waals surface area contributed by atoms with Crippen LogP contribution in [0.15, 0.2) is 0 Å². The lowest BCUT2D eigenvalue weighted by molar-refractivity contribution is 0.0442. The monoisotopic (exact) mass is 200 g/mol. The molecule has 1 aliphatic heterocycles. The van der Waals surface area contributed by atoms with Gasteiger partial charge in [0.2, 0.25) is 0 Å². The Bertz CT molecular complexity index is 166. The first kappa shape index (κ1) is 11.5. The lowest BCUT2D eigenvalue weighted by Gasteiger charge is -2.22. The van der Waals surface area contributed by atoms with Gasteiger partial charge in [0.05, 0.1) is 12.2 Å². The van der Waals surface area contributed by atoms with Crippen LogP contribution in [-0.2, 0) is 9.26 Å². The van der Waals surface area contributed by atoms with E-state index in [1.165, 1.54) is 0 Å². The van der Waals surface area contributed by atoms with Crippen molar-refractivity contribution in [1.82, 2.24) is 0 Å². The molecular formula is C9H18BO2P. The summed E-state index contributed by atoms with van der Waals surface area (Å²) in [6, 6.07) is -0.148. The highest BCUT2D eigenvalue weighted by Crippen LogP contribution is 2.38. The predicted molar refractivity (Wildman–Crippen MR) is 57.5 cm³/mol. The van der Waals surface area contributed by atoms with Crippen molar-refractivity contribution in [1.29, 1.82) is 0 Å². The number of hydrogen-bond donors (Lipinski definition) is 0. The van der Waals surface area contributed by atoms with E-state index in [-0.39, 0.29) is 26.4 Å². The van der Waals surface area contributed by atoms with E-state index < -0.39 is 0 Å². The molecule has 0 amide bonds. The van der Waals surface area contributed by atoms with Crippen LogP contribution >= 0.6 is 8.15 Å². The van der Waals surface area contributed by atoms with Crippen LogP contribution in [0.3, 0.4) is 0 Å². The van der Waals surface area contributed by atoms with Gasteiger partial charge < -0.3 is 9.26 Å². The molecule has 0 spiro atoms. The second kappa shape index (κ2) is 4.77. The molecule has 0 bridgehead atoms. The summed E-state index contributed by atoms with van der Waals surface area (Å²) in [5.74, 6) is 0.315. The molecule has 2 radical (unpaired) electrons. The van der Waals surface area contributed by atoms with Crippen LogP contribution in [0.4, 0.5) is 0 Å². The SMILES string of the molecule is [B]C1OC(CC)C(OP(C)C)C1C. The predicted octanol–water partition coefficient (Wildman–Crippen LogP) is 1.97. The van der Waals surface area contributed by atoms with Crippen molar-refractivity contribution < 1.29 is 9.26 Å². The third-order valence-corrected chi connectivity index (χ3v) is 3.13. The summed E-state index contributed by atoms with van der Waals surface area (Å²) >= 11 is 0. The van der Waals surface area contributed by atoms with Gasteiger partial charge in [-0.15, -0.1) is 0 Å². The summed E-state index contributed by atoms with van der Waals surface area (Å²) in [6.45, 7) is 8.43. The molecule has 74 valence electrons. The summed E-state index contributed by atoms with van der Waals surface area (Å²) in [5, 5.41) is 0. The van der Waals surface area contributed by atoms with Crippen molar-refractivity contribution >= 4 is 16.0 Å². The average molecular weight is 200 g/mol. The van der Waals surface area contributed by atoms with E-state index in [9.17, 15) is 0 Å². The molecule has 1 rings (SSSR count). The lowest BCUT2D eigenvalue weighted by Crippen LogP contribution is -2.27. The zero-order chi connectivity index (χ0) is 10.0. The minimum Gasteiger partial charge on any atom is -0.382 e. The van der Waals surface area contributed by atoms with Crippen LogP contribution in [-0.4, -0.2) is 39.4 Å². The van der Waals surface area contributed by atoms with Gasteiger partial charge in [0.1, 0.15) is 7.85 Å². The molecule has 0 N–H and O–H groups in total. The molecule has 13 heavy (non-hydrogen) atoms. The van der Waals surface area contributed by atoms with E-state index >= 15 is 0 Å². The molecule has 0 aliphatic carbocycles.